The Balaban J connectivity index is 0.000000151. The third kappa shape index (κ3) is 12.9. The lowest BCUT2D eigenvalue weighted by atomic mass is 9.39. The number of hydrogen-bond acceptors (Lipinski definition) is 31. The van der Waals surface area contributed by atoms with Gasteiger partial charge < -0.3 is 47.5 Å². The van der Waals surface area contributed by atoms with Crippen LogP contribution in [0.5, 0.6) is 0 Å². The minimum Gasteiger partial charge on any atom is -0.481 e. The Kier molecular flexibility index (Phi) is 21.9. The number of fused-ring (bicyclic) bond motifs is 12. The number of nitro groups is 5. The fourth-order valence-corrected chi connectivity index (χ4v) is 20.4. The van der Waals surface area contributed by atoms with Crippen LogP contribution < -0.4 is 47.4 Å². The number of carboxylic acid groups (broad SMARTS) is 2. The fourth-order valence-electron chi connectivity index (χ4n) is 20.4. The first-order valence-corrected chi connectivity index (χ1v) is 37.7. The number of imide groups is 4. The Morgan fingerprint density at radius 2 is 0.512 bits per heavy atom. The van der Waals surface area contributed by atoms with Crippen molar-refractivity contribution < 1.29 is 121 Å². The number of nitrogen functional groups attached to an aromatic ring is 3. The van der Waals surface area contributed by atoms with Gasteiger partial charge in [-0.25, -0.2) is 19.6 Å². The van der Waals surface area contributed by atoms with E-state index >= 15 is 0 Å². The van der Waals surface area contributed by atoms with Crippen LogP contribution in [0.2, 0.25) is 0 Å². The van der Waals surface area contributed by atoms with E-state index in [2.05, 4.69) is 20.1 Å². The highest BCUT2D eigenvalue weighted by Gasteiger charge is 2.89. The molecule has 7 aromatic carbocycles. The van der Waals surface area contributed by atoms with E-state index in [4.69, 9.17) is 17.2 Å². The Hall–Kier alpha value is -16.3. The number of non-ortho nitro benzene ring substituents is 5. The zero-order valence-corrected chi connectivity index (χ0v) is 66.9. The highest BCUT2D eigenvalue weighted by Crippen LogP contribution is 2.74. The number of nitrogens with one attached hydrogen (secondary N) is 2. The van der Waals surface area contributed by atoms with E-state index < -0.39 is 210 Å². The Morgan fingerprint density at radius 3 is 0.717 bits per heavy atom. The molecule has 0 atom stereocenters. The van der Waals surface area contributed by atoms with Crippen LogP contribution in [0.15, 0.2) is 170 Å². The quantitative estimate of drug-likeness (QED) is 0.0130. The second-order valence-corrected chi connectivity index (χ2v) is 32.8. The maximum Gasteiger partial charge on any atom is 0.321 e. The summed E-state index contributed by atoms with van der Waals surface area (Å²) in [5.41, 5.74) is 6.22. The molecule has 10 amide bonds. The fraction of sp³-hybridized carbons (Fsp3) is 0.301. The number of esters is 4. The molecule has 6 saturated heterocycles. The van der Waals surface area contributed by atoms with Gasteiger partial charge >= 0.3 is 35.8 Å². The average molecular weight is 1750 g/mol. The lowest BCUT2D eigenvalue weighted by molar-refractivity contribution is -0.385. The number of carbonyl (C=O) groups is 16. The number of nitrogens with zero attached hydrogens (tertiary/aromatic N) is 9. The van der Waals surface area contributed by atoms with Crippen molar-refractivity contribution in [1.82, 2.24) is 0 Å². The maximum atomic E-state index is 13.4. The van der Waals surface area contributed by atoms with Gasteiger partial charge in [0, 0.05) is 89.1 Å². The summed E-state index contributed by atoms with van der Waals surface area (Å²) in [5, 5.41) is 78.2. The van der Waals surface area contributed by atoms with Crippen molar-refractivity contribution in [3.05, 3.63) is 220 Å². The first-order chi connectivity index (χ1) is 58.9. The number of cyclic esters (lactones) is 4. The van der Waals surface area contributed by atoms with Crippen LogP contribution in [0.3, 0.4) is 0 Å². The van der Waals surface area contributed by atoms with E-state index in [0.29, 0.717) is 28.4 Å². The van der Waals surface area contributed by atoms with Gasteiger partial charge in [0.2, 0.25) is 59.1 Å². The zero-order valence-electron chi connectivity index (χ0n) is 66.9. The number of benzene rings is 7. The number of rotatable bonds is 15. The first kappa shape index (κ1) is 89.9. The van der Waals surface area contributed by atoms with E-state index in [9.17, 15) is 137 Å². The highest BCUT2D eigenvalue weighted by atomic mass is 16.6. The van der Waals surface area contributed by atoms with Gasteiger partial charge in [-0.05, 0) is 165 Å². The molecule has 656 valence electrons. The number of carboxylic acids is 2. The summed E-state index contributed by atoms with van der Waals surface area (Å²) < 4.78 is 9.02. The van der Waals surface area contributed by atoms with Gasteiger partial charge in [0.05, 0.1) is 138 Å². The number of nitro benzene ring substituents is 5. The third-order valence-electron chi connectivity index (χ3n) is 26.0. The molecule has 17 rings (SSSR count). The van der Waals surface area contributed by atoms with Crippen molar-refractivity contribution >= 4 is 175 Å². The topological polar surface area (TPSA) is 663 Å². The molecule has 6 aliphatic heterocycles. The molecule has 6 heterocycles. The molecular formula is C83H74N14O30. The normalized spacial score (nSPS) is 29.5. The van der Waals surface area contributed by atoms with E-state index in [-0.39, 0.29) is 58.6 Å². The summed E-state index contributed by atoms with van der Waals surface area (Å²) in [6, 6.07) is 37.4. The third-order valence-corrected chi connectivity index (χ3v) is 26.0. The van der Waals surface area contributed by atoms with Crippen molar-refractivity contribution in [3.8, 4) is 0 Å². The smallest absolute Gasteiger partial charge is 0.321 e. The predicted molar refractivity (Wildman–Crippen MR) is 436 cm³/mol. The number of nitrogens with two attached hydrogens (primary N) is 3. The molecule has 10 aliphatic rings. The predicted octanol–water partition coefficient (Wildman–Crippen LogP) is 7.50. The van der Waals surface area contributed by atoms with Crippen molar-refractivity contribution in [2.45, 2.75) is 62.8 Å². The summed E-state index contributed by atoms with van der Waals surface area (Å²) in [4.78, 5) is 258. The second-order valence-electron chi connectivity index (χ2n) is 32.8. The van der Waals surface area contributed by atoms with E-state index in [1.54, 1.807) is 62.4 Å². The Morgan fingerprint density at radius 1 is 0.323 bits per heavy atom. The molecule has 4 saturated carbocycles. The SMILES string of the molecule is C.CC1(C(=O)O)C(C(=O)Nc2ccc([N+](=O)[O-])cc2)C(C)(C(=O)O)C1C(=O)Nc1ccc([N+](=O)[O-])cc1.CC12C(=O)N(c3ccc(N)cc3)C(=O)C1C1(C)C(=O)N(c3ccc(N)cc3)C(=O)C21.CC12C(=O)N(c3ccc([N+](=O)[O-])cc3)C(=O)C1C1(C)C(=O)N(c3ccc([N+](=O)[O-])cc3)C(=O)C21.CC12C(=O)OC(=O)C1C1(C)C(=O)OC(=O)C21.Nc1ccc([N+](=O)[O-])cc1. The summed E-state index contributed by atoms with van der Waals surface area (Å²) in [7, 11) is 0. The van der Waals surface area contributed by atoms with Crippen molar-refractivity contribution in [3.63, 3.8) is 0 Å². The van der Waals surface area contributed by atoms with E-state index in [1.807, 2.05) is 0 Å². The molecule has 0 spiro atoms. The van der Waals surface area contributed by atoms with Crippen LogP contribution in [0.25, 0.3) is 0 Å². The molecule has 44 heteroatoms. The molecule has 0 aromatic heterocycles. The van der Waals surface area contributed by atoms with Crippen molar-refractivity contribution in [2.75, 3.05) is 47.4 Å². The number of carbonyl (C=O) groups excluding carboxylic acids is 14. The van der Waals surface area contributed by atoms with Crippen LogP contribution in [0.1, 0.15) is 62.8 Å². The van der Waals surface area contributed by atoms with Gasteiger partial charge in [-0.15, -0.1) is 0 Å². The number of anilines is 9. The summed E-state index contributed by atoms with van der Waals surface area (Å²) >= 11 is 0. The first-order valence-electron chi connectivity index (χ1n) is 37.7. The number of amides is 10. The van der Waals surface area contributed by atoms with Gasteiger partial charge in [0.25, 0.3) is 28.4 Å². The van der Waals surface area contributed by atoms with Gasteiger partial charge in [0.1, 0.15) is 0 Å². The van der Waals surface area contributed by atoms with Crippen molar-refractivity contribution in [2.24, 2.45) is 90.7 Å². The Bertz CT molecular complexity index is 5690. The second kappa shape index (κ2) is 30.9. The molecule has 7 aromatic rings. The van der Waals surface area contributed by atoms with E-state index in [0.717, 1.165) is 82.0 Å². The lowest BCUT2D eigenvalue weighted by Gasteiger charge is -2.59. The van der Waals surface area contributed by atoms with Crippen LogP contribution >= 0.6 is 0 Å². The largest absolute Gasteiger partial charge is 0.481 e. The molecule has 10 fully saturated rings. The molecule has 0 radical (unpaired) electrons. The minimum absolute atomic E-state index is 0. The van der Waals surface area contributed by atoms with Crippen LogP contribution in [-0.2, 0) is 86.2 Å². The summed E-state index contributed by atoms with van der Waals surface area (Å²) in [6.07, 6.45) is 0. The molecule has 4 aliphatic carbocycles. The monoisotopic (exact) mass is 1750 g/mol. The average Bonchev–Trinajstić information content (AvgIpc) is 1.49. The van der Waals surface area contributed by atoms with Gasteiger partial charge in [-0.2, -0.15) is 0 Å². The molecule has 0 unspecified atom stereocenters. The van der Waals surface area contributed by atoms with Crippen LogP contribution in [0.4, 0.5) is 79.6 Å². The number of hydrogen-bond donors (Lipinski definition) is 7. The Labute approximate surface area is 714 Å². The van der Waals surface area contributed by atoms with Gasteiger partial charge in [-0.3, -0.25) is 127 Å². The molecule has 0 bridgehead atoms. The number of ether oxygens (including phenoxy) is 2. The van der Waals surface area contributed by atoms with Gasteiger partial charge in [0.15, 0.2) is 0 Å². The molecule has 44 nitrogen and oxygen atoms in total. The standard InChI is InChI=1S/C22H20N4O10.C22H16N4O8.C22H20N4O4.C10H8O6.C6H6N2O2.CH4/c1-21(19(29)30)15(17(27)23-11-3-7-13(8-4-11)25(33)34)22(2,20(31)32)16(21)18(28)24-12-5-9-14(10-6-12)26(35)36;1-21-15(17(27)23(19(21)29)11-3-7-13(8-4-11)25(31)32)22(2)16(21)18(28)24(20(22)30)12-5-9-14(10-6-12)26(33)34;1-21-15(17(27)25(19(21)29)13-7-3-11(23)4-8-13)22(2)16(21)18(28)26(20(22)30)14-9-5-12(24)6-10-14;1-9-3(5(11)15-7(9)13)10(2)4(9)6(12)16-8(10)14;7-5-1-3-6(4-2-5)8(9)10;/h3-10,15-16H,1-2H3,(H,23,27)(H,24,28)(H,29,30)(H,31,32);3-10,15-16H,1-2H3;3-10,15-16H,23-24H2,1-2H3;3-4H,1-2H3;1-4H,7H2;1H4. The van der Waals surface area contributed by atoms with E-state index in [1.165, 1.54) is 100 Å². The van der Waals surface area contributed by atoms with Gasteiger partial charge in [-0.1, -0.05) is 7.43 Å². The summed E-state index contributed by atoms with van der Waals surface area (Å²) in [5.74, 6) is -21.9. The maximum absolute atomic E-state index is 13.4. The summed E-state index contributed by atoms with van der Waals surface area (Å²) in [6.45, 7) is 11.3. The lowest BCUT2D eigenvalue weighted by Crippen LogP contribution is -2.74. The molecule has 10 N–H and O–H groups in total. The number of aliphatic carboxylic acids is 2. The zero-order chi connectivity index (χ0) is 92.8. The molecular weight excluding hydrogens is 1670 g/mol. The molecule has 127 heavy (non-hydrogen) atoms. The highest BCUT2D eigenvalue weighted by molar-refractivity contribution is 6.36. The van der Waals surface area contributed by atoms with Crippen LogP contribution in [-0.4, -0.2) is 130 Å². The minimum atomic E-state index is -2.15. The van der Waals surface area contributed by atoms with Crippen LogP contribution in [0, 0.1) is 141 Å². The van der Waals surface area contributed by atoms with Crippen molar-refractivity contribution in [1.29, 1.82) is 0 Å².